The molecule has 0 aliphatic carbocycles. The van der Waals surface area contributed by atoms with E-state index in [1.54, 1.807) is 0 Å². The molecule has 5 rings (SSSR count). The summed E-state index contributed by atoms with van der Waals surface area (Å²) in [6.45, 7) is 12.2. The summed E-state index contributed by atoms with van der Waals surface area (Å²) in [5.74, 6) is 0.518. The number of carbonyl (C=O) groups is 1. The summed E-state index contributed by atoms with van der Waals surface area (Å²) >= 11 is 26.2. The van der Waals surface area contributed by atoms with E-state index in [4.69, 9.17) is 55.9 Å². The number of halogens is 4. The van der Waals surface area contributed by atoms with Crippen molar-refractivity contribution < 1.29 is 14.3 Å². The number of fused-ring (bicyclic) bond motifs is 6. The quantitative estimate of drug-likeness (QED) is 0.181. The highest BCUT2D eigenvalue weighted by Crippen LogP contribution is 2.61. The van der Waals surface area contributed by atoms with Gasteiger partial charge in [0.2, 0.25) is 0 Å². The number of benzene rings is 3. The molecule has 1 atom stereocenters. The number of carbonyl (C=O) groups excluding carboxylic acids is 1. The number of esters is 1. The van der Waals surface area contributed by atoms with Crippen molar-refractivity contribution in [3.63, 3.8) is 0 Å². The molecule has 0 amide bonds. The molecule has 1 unspecified atom stereocenters. The zero-order chi connectivity index (χ0) is 26.2. The number of anilines is 1. The van der Waals surface area contributed by atoms with Crippen molar-refractivity contribution in [1.29, 1.82) is 0 Å². The lowest BCUT2D eigenvalue weighted by molar-refractivity contribution is 0.0224. The van der Waals surface area contributed by atoms with Gasteiger partial charge in [0, 0.05) is 41.5 Å². The average molecular weight is 565 g/mol. The third-order valence-electron chi connectivity index (χ3n) is 6.99. The van der Waals surface area contributed by atoms with Crippen molar-refractivity contribution >= 4 is 58.1 Å². The van der Waals surface area contributed by atoms with Gasteiger partial charge in [-0.3, -0.25) is 0 Å². The standard InChI is InChI=1S/C28H25Cl4NO3/c1-6-33(7-2)15-9-11-17-19(13-15)35-18-12-14(27(3,4)5)8-10-16(18)28(17)21-20(26(34)36-28)22(29)24(31)25(32)23(21)30/h8-13H,6-7H2,1-5H3. The van der Waals surface area contributed by atoms with Crippen LogP contribution in [0.3, 0.4) is 0 Å². The van der Waals surface area contributed by atoms with E-state index < -0.39 is 11.6 Å². The van der Waals surface area contributed by atoms with Crippen LogP contribution < -0.4 is 9.64 Å². The van der Waals surface area contributed by atoms with E-state index in [0.717, 1.165) is 24.3 Å². The first-order valence-electron chi connectivity index (χ1n) is 11.8. The Balaban J connectivity index is 1.88. The first-order valence-corrected chi connectivity index (χ1v) is 13.3. The van der Waals surface area contributed by atoms with Crippen LogP contribution in [0.2, 0.25) is 20.1 Å². The Bertz CT molecular complexity index is 1430. The molecule has 188 valence electrons. The van der Waals surface area contributed by atoms with Crippen molar-refractivity contribution in [3.05, 3.63) is 84.3 Å². The lowest BCUT2D eigenvalue weighted by atomic mass is 9.76. The molecule has 2 aliphatic rings. The fraction of sp³-hybridized carbons (Fsp3) is 0.321. The van der Waals surface area contributed by atoms with E-state index in [0.29, 0.717) is 28.2 Å². The topological polar surface area (TPSA) is 38.8 Å². The first-order chi connectivity index (χ1) is 16.9. The zero-order valence-electron chi connectivity index (χ0n) is 20.6. The monoisotopic (exact) mass is 563 g/mol. The highest BCUT2D eigenvalue weighted by atomic mass is 35.5. The predicted octanol–water partition coefficient (Wildman–Crippen LogP) is 9.01. The molecule has 2 heterocycles. The summed E-state index contributed by atoms with van der Waals surface area (Å²) in [5.41, 5.74) is 2.30. The fourth-order valence-electron chi connectivity index (χ4n) is 5.07. The van der Waals surface area contributed by atoms with Crippen molar-refractivity contribution in [2.45, 2.75) is 45.6 Å². The second kappa shape index (κ2) is 8.73. The molecule has 0 N–H and O–H groups in total. The molecule has 1 spiro atoms. The summed E-state index contributed by atoms with van der Waals surface area (Å²) in [6, 6.07) is 11.8. The van der Waals surface area contributed by atoms with Crippen LogP contribution in [0.5, 0.6) is 11.5 Å². The van der Waals surface area contributed by atoms with Crippen LogP contribution in [0.1, 0.15) is 67.2 Å². The Labute approximate surface area is 231 Å². The summed E-state index contributed by atoms with van der Waals surface area (Å²) in [4.78, 5) is 15.6. The van der Waals surface area contributed by atoms with Crippen LogP contribution >= 0.6 is 46.4 Å². The molecule has 3 aromatic carbocycles. The van der Waals surface area contributed by atoms with Gasteiger partial charge in [-0.15, -0.1) is 0 Å². The molecule has 0 aromatic heterocycles. The first kappa shape index (κ1) is 25.5. The van der Waals surface area contributed by atoms with Gasteiger partial charge >= 0.3 is 5.97 Å². The summed E-state index contributed by atoms with van der Waals surface area (Å²) in [6.07, 6.45) is 0. The Kier molecular flexibility index (Phi) is 6.19. The van der Waals surface area contributed by atoms with E-state index >= 15 is 0 Å². The van der Waals surface area contributed by atoms with Crippen molar-refractivity contribution in [2.24, 2.45) is 0 Å². The maximum atomic E-state index is 13.4. The molecule has 36 heavy (non-hydrogen) atoms. The van der Waals surface area contributed by atoms with Gasteiger partial charge in [-0.05, 0) is 43.0 Å². The van der Waals surface area contributed by atoms with Gasteiger partial charge < -0.3 is 14.4 Å². The van der Waals surface area contributed by atoms with Crippen LogP contribution in [-0.4, -0.2) is 19.1 Å². The number of ether oxygens (including phenoxy) is 2. The molecular weight excluding hydrogens is 540 g/mol. The minimum Gasteiger partial charge on any atom is -0.456 e. The highest BCUT2D eigenvalue weighted by molar-refractivity contribution is 6.53. The molecule has 0 saturated carbocycles. The van der Waals surface area contributed by atoms with E-state index in [2.05, 4.69) is 39.5 Å². The van der Waals surface area contributed by atoms with E-state index in [-0.39, 0.29) is 31.1 Å². The number of rotatable bonds is 3. The molecule has 0 saturated heterocycles. The Morgan fingerprint density at radius 1 is 0.833 bits per heavy atom. The maximum absolute atomic E-state index is 13.4. The van der Waals surface area contributed by atoms with Gasteiger partial charge in [0.05, 0.1) is 25.7 Å². The minimum absolute atomic E-state index is 0.0172. The lowest BCUT2D eigenvalue weighted by Crippen LogP contribution is -2.34. The van der Waals surface area contributed by atoms with Gasteiger partial charge in [-0.2, -0.15) is 0 Å². The number of hydrogen-bond acceptors (Lipinski definition) is 4. The Hall–Kier alpha value is -2.11. The van der Waals surface area contributed by atoms with Gasteiger partial charge in [0.1, 0.15) is 11.5 Å². The third kappa shape index (κ3) is 3.53. The van der Waals surface area contributed by atoms with Crippen LogP contribution in [0.15, 0.2) is 36.4 Å². The van der Waals surface area contributed by atoms with Crippen LogP contribution in [0.4, 0.5) is 5.69 Å². The number of nitrogens with zero attached hydrogens (tertiary/aromatic N) is 1. The van der Waals surface area contributed by atoms with Gasteiger partial charge in [0.15, 0.2) is 5.60 Å². The van der Waals surface area contributed by atoms with Crippen molar-refractivity contribution in [2.75, 3.05) is 18.0 Å². The Morgan fingerprint density at radius 3 is 2.03 bits per heavy atom. The SMILES string of the molecule is CCN(CC)c1ccc2c(c1)Oc1cc(C(C)(C)C)ccc1C21OC(=O)c2c(Cl)c(Cl)c(Cl)c(Cl)c21. The van der Waals surface area contributed by atoms with E-state index in [1.165, 1.54) is 0 Å². The summed E-state index contributed by atoms with van der Waals surface area (Å²) in [7, 11) is 0. The zero-order valence-corrected chi connectivity index (χ0v) is 23.6. The second-order valence-electron chi connectivity index (χ2n) is 9.99. The van der Waals surface area contributed by atoms with Crippen LogP contribution in [0.25, 0.3) is 0 Å². The van der Waals surface area contributed by atoms with Crippen LogP contribution in [0, 0.1) is 0 Å². The van der Waals surface area contributed by atoms with E-state index in [1.807, 2.05) is 36.4 Å². The van der Waals surface area contributed by atoms with Gasteiger partial charge in [-0.25, -0.2) is 4.79 Å². The molecule has 3 aromatic rings. The molecule has 8 heteroatoms. The normalized spacial score (nSPS) is 17.9. The molecule has 0 bridgehead atoms. The second-order valence-corrected chi connectivity index (χ2v) is 11.5. The van der Waals surface area contributed by atoms with E-state index in [9.17, 15) is 4.79 Å². The Morgan fingerprint density at radius 2 is 1.42 bits per heavy atom. The highest BCUT2D eigenvalue weighted by Gasteiger charge is 2.56. The van der Waals surface area contributed by atoms with Crippen molar-refractivity contribution in [1.82, 2.24) is 0 Å². The largest absolute Gasteiger partial charge is 0.456 e. The van der Waals surface area contributed by atoms with Crippen LogP contribution in [-0.2, 0) is 15.8 Å². The minimum atomic E-state index is -1.40. The lowest BCUT2D eigenvalue weighted by Gasteiger charge is -2.38. The predicted molar refractivity (Wildman–Crippen MR) is 147 cm³/mol. The summed E-state index contributed by atoms with van der Waals surface area (Å²) < 4.78 is 12.7. The third-order valence-corrected chi connectivity index (χ3v) is 8.79. The van der Waals surface area contributed by atoms with Gasteiger partial charge in [0.25, 0.3) is 0 Å². The smallest absolute Gasteiger partial charge is 0.341 e. The molecular formula is C28H25Cl4NO3. The maximum Gasteiger partial charge on any atom is 0.341 e. The molecule has 0 fully saturated rings. The molecule has 0 radical (unpaired) electrons. The molecule has 2 aliphatic heterocycles. The van der Waals surface area contributed by atoms with Gasteiger partial charge in [-0.1, -0.05) is 79.3 Å². The van der Waals surface area contributed by atoms with Crippen molar-refractivity contribution in [3.8, 4) is 11.5 Å². The fourth-order valence-corrected chi connectivity index (χ4v) is 6.14. The number of hydrogen-bond donors (Lipinski definition) is 0. The summed E-state index contributed by atoms with van der Waals surface area (Å²) in [5, 5.41) is 0.228. The average Bonchev–Trinajstić information content (AvgIpc) is 3.14. The molecule has 4 nitrogen and oxygen atoms in total.